The van der Waals surface area contributed by atoms with Gasteiger partial charge in [-0.15, -0.1) is 0 Å². The summed E-state index contributed by atoms with van der Waals surface area (Å²) >= 11 is 0. The van der Waals surface area contributed by atoms with Crippen LogP contribution in [0.5, 0.6) is 5.75 Å². The van der Waals surface area contributed by atoms with Gasteiger partial charge in [-0.1, -0.05) is 23.8 Å². The van der Waals surface area contributed by atoms with Crippen LogP contribution in [0.15, 0.2) is 70.8 Å². The van der Waals surface area contributed by atoms with E-state index in [0.717, 1.165) is 18.4 Å². The fourth-order valence-electron chi connectivity index (χ4n) is 5.09. The lowest BCUT2D eigenvalue weighted by Gasteiger charge is -2.23. The molecule has 2 aromatic carbocycles. The van der Waals surface area contributed by atoms with Gasteiger partial charge in [0, 0.05) is 53.5 Å². The van der Waals surface area contributed by atoms with Crippen LogP contribution in [0.4, 0.5) is 0 Å². The van der Waals surface area contributed by atoms with Crippen molar-refractivity contribution in [3.63, 3.8) is 0 Å². The highest BCUT2D eigenvalue weighted by atomic mass is 32.2. The number of hydrogen-bond donors (Lipinski definition) is 2. The lowest BCUT2D eigenvalue weighted by Crippen LogP contribution is -2.26. The third-order valence-electron chi connectivity index (χ3n) is 7.25. The van der Waals surface area contributed by atoms with Crippen LogP contribution in [0.2, 0.25) is 0 Å². The summed E-state index contributed by atoms with van der Waals surface area (Å²) in [6.07, 6.45) is 6.47. The number of fused-ring (bicyclic) bond motifs is 1. The van der Waals surface area contributed by atoms with Gasteiger partial charge in [-0.2, -0.15) is 10.4 Å². The topological polar surface area (TPSA) is 134 Å². The number of aromatic nitrogens is 4. The highest BCUT2D eigenvalue weighted by Gasteiger charge is 2.29. The molecule has 0 aliphatic carbocycles. The number of aromatic amines is 2. The normalized spacial score (nSPS) is 14.3. The molecule has 0 amide bonds. The Kier molecular flexibility index (Phi) is 6.62. The Balaban J connectivity index is 1.56. The van der Waals surface area contributed by atoms with Gasteiger partial charge in [0.2, 0.25) is 9.84 Å². The van der Waals surface area contributed by atoms with E-state index in [-0.39, 0.29) is 15.9 Å². The summed E-state index contributed by atoms with van der Waals surface area (Å²) in [5, 5.41) is 17.4. The van der Waals surface area contributed by atoms with Crippen LogP contribution in [-0.4, -0.2) is 47.9 Å². The zero-order valence-electron chi connectivity index (χ0n) is 22.1. The molecule has 0 atom stereocenters. The lowest BCUT2D eigenvalue weighted by atomic mass is 10.0. The van der Waals surface area contributed by atoms with Gasteiger partial charge in [-0.05, 0) is 43.7 Å². The maximum atomic E-state index is 14.3. The Labute approximate surface area is 231 Å². The SMILES string of the molecule is Cc1ccc(S(=O)(=O)c2c(-c3c[nH]nc3C)cnc3[nH]cc(-c4ccc(OC5CCOCC5)c(C#N)c4)c23)cc1. The number of aryl methyl sites for hydroxylation is 2. The zero-order chi connectivity index (χ0) is 27.9. The summed E-state index contributed by atoms with van der Waals surface area (Å²) in [4.78, 5) is 8.02. The summed E-state index contributed by atoms with van der Waals surface area (Å²) in [5.74, 6) is 0.498. The van der Waals surface area contributed by atoms with Gasteiger partial charge in [0.25, 0.3) is 0 Å². The van der Waals surface area contributed by atoms with Gasteiger partial charge in [0.1, 0.15) is 23.6 Å². The molecule has 9 nitrogen and oxygen atoms in total. The van der Waals surface area contributed by atoms with Crippen LogP contribution in [0.1, 0.15) is 29.7 Å². The third-order valence-corrected chi connectivity index (χ3v) is 9.10. The van der Waals surface area contributed by atoms with Crippen LogP contribution in [-0.2, 0) is 14.6 Å². The number of H-pyrrole nitrogens is 2. The van der Waals surface area contributed by atoms with Crippen molar-refractivity contribution in [3.8, 4) is 34.1 Å². The van der Waals surface area contributed by atoms with Crippen molar-refractivity contribution in [2.24, 2.45) is 0 Å². The summed E-state index contributed by atoms with van der Waals surface area (Å²) in [5.41, 5.74) is 4.78. The number of pyridine rings is 1. The fraction of sp³-hybridized carbons (Fsp3) is 0.233. The second-order valence-corrected chi connectivity index (χ2v) is 11.8. The molecule has 202 valence electrons. The van der Waals surface area contributed by atoms with Gasteiger partial charge >= 0.3 is 0 Å². The molecule has 1 aliphatic rings. The largest absolute Gasteiger partial charge is 0.489 e. The van der Waals surface area contributed by atoms with E-state index in [1.54, 1.807) is 55.0 Å². The summed E-state index contributed by atoms with van der Waals surface area (Å²) < 4.78 is 40.2. The number of nitriles is 1. The summed E-state index contributed by atoms with van der Waals surface area (Å²) in [7, 11) is -4.00. The zero-order valence-corrected chi connectivity index (χ0v) is 22.9. The van der Waals surface area contributed by atoms with Crippen LogP contribution < -0.4 is 4.74 Å². The number of ether oxygens (including phenoxy) is 2. The maximum Gasteiger partial charge on any atom is 0.208 e. The van der Waals surface area contributed by atoms with E-state index < -0.39 is 9.84 Å². The second kappa shape index (κ2) is 10.3. The predicted molar refractivity (Wildman–Crippen MR) is 150 cm³/mol. The minimum absolute atomic E-state index is 0.0176. The van der Waals surface area contributed by atoms with Crippen molar-refractivity contribution in [1.82, 2.24) is 20.2 Å². The standard InChI is InChI=1S/C30H27N5O4S/c1-18-3-6-23(7-4-18)40(36,37)29-26(24-17-34-35-19(24)2)16-33-30-28(29)25(15-32-30)20-5-8-27(21(13-20)14-31)39-22-9-11-38-12-10-22/h3-8,13,15-17,22H,9-12H2,1-2H3,(H,32,33)(H,34,35). The first-order valence-electron chi connectivity index (χ1n) is 13.0. The molecule has 5 aromatic rings. The van der Waals surface area contributed by atoms with Crippen molar-refractivity contribution in [2.45, 2.75) is 42.6 Å². The van der Waals surface area contributed by atoms with Gasteiger partial charge in [0.05, 0.1) is 34.3 Å². The first-order valence-corrected chi connectivity index (χ1v) is 14.5. The minimum atomic E-state index is -4.00. The molecule has 0 bridgehead atoms. The summed E-state index contributed by atoms with van der Waals surface area (Å²) in [6, 6.07) is 14.4. The molecule has 0 radical (unpaired) electrons. The highest BCUT2D eigenvalue weighted by molar-refractivity contribution is 7.92. The molecule has 10 heteroatoms. The van der Waals surface area contributed by atoms with Crippen LogP contribution in [0.25, 0.3) is 33.3 Å². The summed E-state index contributed by atoms with van der Waals surface area (Å²) in [6.45, 7) is 4.98. The van der Waals surface area contributed by atoms with Crippen molar-refractivity contribution in [1.29, 1.82) is 5.26 Å². The number of hydrogen-bond acceptors (Lipinski definition) is 7. The van der Waals surface area contributed by atoms with E-state index in [4.69, 9.17) is 9.47 Å². The first kappa shape index (κ1) is 25.8. The maximum absolute atomic E-state index is 14.3. The van der Waals surface area contributed by atoms with Gasteiger partial charge in [0.15, 0.2) is 0 Å². The molecule has 2 N–H and O–H groups in total. The Bertz CT molecular complexity index is 1860. The van der Waals surface area contributed by atoms with Crippen molar-refractivity contribution < 1.29 is 17.9 Å². The van der Waals surface area contributed by atoms with E-state index in [1.165, 1.54) is 0 Å². The lowest BCUT2D eigenvalue weighted by molar-refractivity contribution is 0.0254. The smallest absolute Gasteiger partial charge is 0.208 e. The van der Waals surface area contributed by atoms with Crippen molar-refractivity contribution in [2.75, 3.05) is 13.2 Å². The van der Waals surface area contributed by atoms with Crippen LogP contribution >= 0.6 is 0 Å². The Hall–Kier alpha value is -4.46. The van der Waals surface area contributed by atoms with E-state index in [9.17, 15) is 13.7 Å². The van der Waals surface area contributed by atoms with Gasteiger partial charge < -0.3 is 14.5 Å². The van der Waals surface area contributed by atoms with Crippen LogP contribution in [0, 0.1) is 25.2 Å². The average Bonchev–Trinajstić information content (AvgIpc) is 3.59. The highest BCUT2D eigenvalue weighted by Crippen LogP contribution is 2.42. The number of nitrogens with zero attached hydrogens (tertiary/aromatic N) is 3. The number of nitrogens with one attached hydrogen (secondary N) is 2. The van der Waals surface area contributed by atoms with E-state index in [2.05, 4.69) is 26.2 Å². The number of rotatable bonds is 6. The molecule has 3 aromatic heterocycles. The molecule has 4 heterocycles. The van der Waals surface area contributed by atoms with E-state index >= 15 is 0 Å². The minimum Gasteiger partial charge on any atom is -0.489 e. The molecule has 0 saturated carbocycles. The molecule has 1 saturated heterocycles. The molecule has 1 aliphatic heterocycles. The van der Waals surface area contributed by atoms with E-state index in [1.807, 2.05) is 19.9 Å². The first-order chi connectivity index (χ1) is 19.4. The van der Waals surface area contributed by atoms with Crippen molar-refractivity contribution >= 4 is 20.9 Å². The Morgan fingerprint density at radius 3 is 2.50 bits per heavy atom. The van der Waals surface area contributed by atoms with Gasteiger partial charge in [-0.3, -0.25) is 5.10 Å². The van der Waals surface area contributed by atoms with Gasteiger partial charge in [-0.25, -0.2) is 13.4 Å². The second-order valence-electron chi connectivity index (χ2n) is 9.88. The monoisotopic (exact) mass is 553 g/mol. The molecule has 0 spiro atoms. The molecular formula is C30H27N5O4S. The Morgan fingerprint density at radius 1 is 1.02 bits per heavy atom. The van der Waals surface area contributed by atoms with E-state index in [0.29, 0.717) is 63.5 Å². The predicted octanol–water partition coefficient (Wildman–Crippen LogP) is 5.50. The average molecular weight is 554 g/mol. The Morgan fingerprint density at radius 2 is 1.80 bits per heavy atom. The van der Waals surface area contributed by atoms with Crippen molar-refractivity contribution in [3.05, 3.63) is 77.9 Å². The number of sulfone groups is 1. The fourth-order valence-corrected chi connectivity index (χ4v) is 6.75. The molecule has 1 fully saturated rings. The van der Waals surface area contributed by atoms with Crippen LogP contribution in [0.3, 0.4) is 0 Å². The third kappa shape index (κ3) is 4.53. The molecule has 40 heavy (non-hydrogen) atoms. The molecule has 0 unspecified atom stereocenters. The molecule has 6 rings (SSSR count). The quantitative estimate of drug-likeness (QED) is 0.284. The number of benzene rings is 2. The molecular weight excluding hydrogens is 526 g/mol.